The Morgan fingerprint density at radius 2 is 1.72 bits per heavy atom. The quantitative estimate of drug-likeness (QED) is 0.651. The molecule has 7 nitrogen and oxygen atoms in total. The van der Waals surface area contributed by atoms with E-state index in [1.807, 2.05) is 11.8 Å². The van der Waals surface area contributed by atoms with Gasteiger partial charge in [0, 0.05) is 36.7 Å². The molecule has 0 radical (unpaired) electrons. The molecular weight excluding hydrogens is 426 g/mol. The Hall–Kier alpha value is -1.93. The fraction of sp³-hybridized carbons (Fsp3) is 0.667. The first-order valence-corrected chi connectivity index (χ1v) is 13.6. The number of sulfonamides is 1. The minimum atomic E-state index is -3.71. The number of carbonyl (C=O) groups excluding carboxylic acids is 2. The lowest BCUT2D eigenvalue weighted by Crippen LogP contribution is -2.37. The number of hydrogen-bond donors (Lipinski definition) is 2. The third kappa shape index (κ3) is 5.52. The molecule has 0 unspecified atom stereocenters. The molecule has 2 aliphatic carbocycles. The molecule has 1 aromatic rings. The largest absolute Gasteiger partial charge is 0.353 e. The van der Waals surface area contributed by atoms with E-state index in [4.69, 9.17) is 0 Å². The van der Waals surface area contributed by atoms with E-state index >= 15 is 0 Å². The normalized spacial score (nSPS) is 22.2. The van der Waals surface area contributed by atoms with Crippen molar-refractivity contribution in [1.29, 1.82) is 0 Å². The molecule has 176 valence electrons. The van der Waals surface area contributed by atoms with Gasteiger partial charge in [-0.1, -0.05) is 32.1 Å². The molecule has 0 bridgehead atoms. The second kappa shape index (κ2) is 9.91. The highest BCUT2D eigenvalue weighted by Crippen LogP contribution is 2.39. The molecular formula is C24H35N3O4S. The summed E-state index contributed by atoms with van der Waals surface area (Å²) >= 11 is 0. The summed E-state index contributed by atoms with van der Waals surface area (Å²) in [5.41, 5.74) is 1.71. The van der Waals surface area contributed by atoms with Gasteiger partial charge in [-0.05, 0) is 62.8 Å². The van der Waals surface area contributed by atoms with Crippen molar-refractivity contribution < 1.29 is 18.0 Å². The molecule has 2 saturated carbocycles. The minimum Gasteiger partial charge on any atom is -0.353 e. The summed E-state index contributed by atoms with van der Waals surface area (Å²) in [6.45, 7) is 2.07. The molecule has 0 aromatic heterocycles. The Labute approximate surface area is 191 Å². The van der Waals surface area contributed by atoms with Crippen molar-refractivity contribution in [2.45, 2.75) is 94.5 Å². The van der Waals surface area contributed by atoms with Crippen molar-refractivity contribution in [3.05, 3.63) is 23.8 Å². The third-order valence-electron chi connectivity index (χ3n) is 6.86. The lowest BCUT2D eigenvalue weighted by Gasteiger charge is -2.22. The SMILES string of the molecule is C[C@@H]1Cc2cc(S(=O)(=O)NCCC(=O)NC3CCCCCCC3)ccc2N1C(=O)C1CC1. The van der Waals surface area contributed by atoms with Crippen LogP contribution in [-0.4, -0.2) is 38.9 Å². The van der Waals surface area contributed by atoms with Gasteiger partial charge in [-0.3, -0.25) is 9.59 Å². The van der Waals surface area contributed by atoms with E-state index in [2.05, 4.69) is 10.0 Å². The molecule has 0 saturated heterocycles. The average Bonchev–Trinajstić information content (AvgIpc) is 3.51. The summed E-state index contributed by atoms with van der Waals surface area (Å²) in [4.78, 5) is 26.9. The third-order valence-corrected chi connectivity index (χ3v) is 8.31. The first kappa shape index (κ1) is 23.2. The van der Waals surface area contributed by atoms with E-state index in [1.165, 1.54) is 19.3 Å². The van der Waals surface area contributed by atoms with Crippen LogP contribution in [0.2, 0.25) is 0 Å². The summed E-state index contributed by atoms with van der Waals surface area (Å²) in [5, 5.41) is 3.07. The molecule has 3 aliphatic rings. The van der Waals surface area contributed by atoms with Crippen LogP contribution in [0.15, 0.2) is 23.1 Å². The van der Waals surface area contributed by atoms with E-state index in [0.29, 0.717) is 6.42 Å². The van der Waals surface area contributed by atoms with Gasteiger partial charge >= 0.3 is 0 Å². The van der Waals surface area contributed by atoms with E-state index in [9.17, 15) is 18.0 Å². The lowest BCUT2D eigenvalue weighted by atomic mass is 9.96. The van der Waals surface area contributed by atoms with Crippen LogP contribution in [0.1, 0.15) is 76.7 Å². The number of fused-ring (bicyclic) bond motifs is 1. The van der Waals surface area contributed by atoms with Crippen LogP contribution in [0.25, 0.3) is 0 Å². The molecule has 2 N–H and O–H groups in total. The van der Waals surface area contributed by atoms with Crippen molar-refractivity contribution in [3.8, 4) is 0 Å². The van der Waals surface area contributed by atoms with Crippen LogP contribution in [-0.2, 0) is 26.0 Å². The molecule has 1 heterocycles. The smallest absolute Gasteiger partial charge is 0.240 e. The van der Waals surface area contributed by atoms with Crippen LogP contribution in [0.3, 0.4) is 0 Å². The second-order valence-electron chi connectivity index (χ2n) is 9.58. The first-order valence-electron chi connectivity index (χ1n) is 12.1. The van der Waals surface area contributed by atoms with Gasteiger partial charge in [-0.15, -0.1) is 0 Å². The topological polar surface area (TPSA) is 95.6 Å². The molecule has 1 aromatic carbocycles. The predicted octanol–water partition coefficient (Wildman–Crippen LogP) is 3.27. The number of nitrogens with one attached hydrogen (secondary N) is 2. The van der Waals surface area contributed by atoms with E-state index in [0.717, 1.165) is 49.8 Å². The van der Waals surface area contributed by atoms with Gasteiger partial charge in [0.05, 0.1) is 4.90 Å². The van der Waals surface area contributed by atoms with Gasteiger partial charge in [0.15, 0.2) is 0 Å². The van der Waals surface area contributed by atoms with E-state index in [1.54, 1.807) is 18.2 Å². The molecule has 8 heteroatoms. The van der Waals surface area contributed by atoms with E-state index < -0.39 is 10.0 Å². The minimum absolute atomic E-state index is 0.0426. The number of hydrogen-bond acceptors (Lipinski definition) is 4. The number of rotatable bonds is 7. The lowest BCUT2D eigenvalue weighted by molar-refractivity contribution is -0.122. The molecule has 1 atom stereocenters. The Bertz CT molecular complexity index is 950. The van der Waals surface area contributed by atoms with Crippen LogP contribution < -0.4 is 14.9 Å². The van der Waals surface area contributed by atoms with Gasteiger partial charge < -0.3 is 10.2 Å². The fourth-order valence-electron chi connectivity index (χ4n) is 4.92. The van der Waals surface area contributed by atoms with Crippen molar-refractivity contribution in [2.24, 2.45) is 5.92 Å². The number of carbonyl (C=O) groups is 2. The standard InChI is InChI=1S/C24H35N3O4S/c1-17-15-19-16-21(11-12-22(19)27(17)24(29)18-9-10-18)32(30,31)25-14-13-23(28)26-20-7-5-3-2-4-6-8-20/h11-12,16-18,20,25H,2-10,13-15H2,1H3,(H,26,28)/t17-/m1/s1. The molecule has 1 aliphatic heterocycles. The molecule has 4 rings (SSSR count). The zero-order valence-electron chi connectivity index (χ0n) is 18.9. The number of benzene rings is 1. The molecule has 2 amide bonds. The van der Waals surface area contributed by atoms with Gasteiger partial charge in [0.1, 0.15) is 0 Å². The van der Waals surface area contributed by atoms with Crippen molar-refractivity contribution in [2.75, 3.05) is 11.4 Å². The average molecular weight is 462 g/mol. The van der Waals surface area contributed by atoms with Crippen LogP contribution in [0.4, 0.5) is 5.69 Å². The molecule has 2 fully saturated rings. The van der Waals surface area contributed by atoms with Crippen molar-refractivity contribution >= 4 is 27.5 Å². The summed E-state index contributed by atoms with van der Waals surface area (Å²) in [7, 11) is -3.71. The highest BCUT2D eigenvalue weighted by molar-refractivity contribution is 7.89. The highest BCUT2D eigenvalue weighted by Gasteiger charge is 2.39. The van der Waals surface area contributed by atoms with Crippen LogP contribution in [0, 0.1) is 5.92 Å². The first-order chi connectivity index (χ1) is 15.3. The summed E-state index contributed by atoms with van der Waals surface area (Å²) in [5.74, 6) is 0.178. The van der Waals surface area contributed by atoms with Crippen LogP contribution >= 0.6 is 0 Å². The maximum Gasteiger partial charge on any atom is 0.240 e. The van der Waals surface area contributed by atoms with Gasteiger partial charge in [0.2, 0.25) is 21.8 Å². The zero-order valence-corrected chi connectivity index (χ0v) is 19.8. The Morgan fingerprint density at radius 1 is 1.03 bits per heavy atom. The Morgan fingerprint density at radius 3 is 2.41 bits per heavy atom. The van der Waals surface area contributed by atoms with Gasteiger partial charge in [-0.2, -0.15) is 0 Å². The molecule has 32 heavy (non-hydrogen) atoms. The maximum atomic E-state index is 12.8. The maximum absolute atomic E-state index is 12.8. The summed E-state index contributed by atoms with van der Waals surface area (Å²) in [6.07, 6.45) is 10.7. The summed E-state index contributed by atoms with van der Waals surface area (Å²) in [6, 6.07) is 5.22. The number of anilines is 1. The van der Waals surface area contributed by atoms with Crippen molar-refractivity contribution in [3.63, 3.8) is 0 Å². The van der Waals surface area contributed by atoms with Crippen LogP contribution in [0.5, 0.6) is 0 Å². The number of amides is 2. The number of nitrogens with zero attached hydrogens (tertiary/aromatic N) is 1. The zero-order chi connectivity index (χ0) is 22.7. The summed E-state index contributed by atoms with van der Waals surface area (Å²) < 4.78 is 28.1. The Balaban J connectivity index is 1.31. The van der Waals surface area contributed by atoms with Gasteiger partial charge in [0.25, 0.3) is 0 Å². The molecule has 0 spiro atoms. The highest BCUT2D eigenvalue weighted by atomic mass is 32.2. The van der Waals surface area contributed by atoms with Gasteiger partial charge in [-0.25, -0.2) is 13.1 Å². The van der Waals surface area contributed by atoms with Crippen molar-refractivity contribution in [1.82, 2.24) is 10.0 Å². The second-order valence-corrected chi connectivity index (χ2v) is 11.4. The monoisotopic (exact) mass is 461 g/mol. The Kier molecular flexibility index (Phi) is 7.20. The predicted molar refractivity (Wildman–Crippen MR) is 124 cm³/mol. The van der Waals surface area contributed by atoms with E-state index in [-0.39, 0.29) is 47.7 Å². The fourth-order valence-corrected chi connectivity index (χ4v) is 6.00.